The van der Waals surface area contributed by atoms with Crippen LogP contribution in [0.25, 0.3) is 0 Å². The lowest BCUT2D eigenvalue weighted by atomic mass is 9.94. The van der Waals surface area contributed by atoms with Gasteiger partial charge < -0.3 is 14.2 Å². The number of carbonyl (C=O) groups excluding carboxylic acids is 3. The molecule has 0 spiro atoms. The molecule has 1 N–H and O–H groups in total. The van der Waals surface area contributed by atoms with E-state index < -0.39 is 29.2 Å². The Balaban J connectivity index is 5.78. The maximum Gasteiger partial charge on any atom is 0.409 e. The van der Waals surface area contributed by atoms with Gasteiger partial charge in [-0.1, -0.05) is 11.6 Å². The fourth-order valence-corrected chi connectivity index (χ4v) is 1.75. The lowest BCUT2D eigenvalue weighted by molar-refractivity contribution is -0.166. The Morgan fingerprint density at radius 2 is 1.42 bits per heavy atom. The topological polar surface area (TPSA) is 90.9 Å². The minimum absolute atomic E-state index is 0.0603. The zero-order chi connectivity index (χ0) is 19.0. The van der Waals surface area contributed by atoms with E-state index in [-0.39, 0.29) is 19.6 Å². The molecule has 0 aromatic rings. The number of alkyl carbamates (subject to hydrolysis) is 1. The summed E-state index contributed by atoms with van der Waals surface area (Å²) < 4.78 is 15.2. The van der Waals surface area contributed by atoms with Gasteiger partial charge in [0, 0.05) is 6.42 Å². The number of hydrogen-bond donors (Lipinski definition) is 1. The van der Waals surface area contributed by atoms with Crippen molar-refractivity contribution in [3.05, 3.63) is 11.6 Å². The fraction of sp³-hybridized carbons (Fsp3) is 0.706. The smallest absolute Gasteiger partial charge is 0.409 e. The Morgan fingerprint density at radius 1 is 0.958 bits per heavy atom. The van der Waals surface area contributed by atoms with E-state index in [1.807, 2.05) is 13.8 Å². The van der Waals surface area contributed by atoms with E-state index in [1.165, 1.54) is 0 Å². The number of esters is 2. The van der Waals surface area contributed by atoms with Gasteiger partial charge in [0.25, 0.3) is 0 Å². The molecule has 0 fully saturated rings. The molecule has 0 aliphatic heterocycles. The number of allylic oxidation sites excluding steroid dienone is 1. The van der Waals surface area contributed by atoms with Crippen LogP contribution in [0.15, 0.2) is 11.6 Å². The first-order valence-electron chi connectivity index (χ1n) is 7.97. The summed E-state index contributed by atoms with van der Waals surface area (Å²) in [6, 6.07) is 0. The summed E-state index contributed by atoms with van der Waals surface area (Å²) in [4.78, 5) is 37.1. The van der Waals surface area contributed by atoms with Crippen LogP contribution in [0.4, 0.5) is 4.79 Å². The number of nitrogens with one attached hydrogen (secondary N) is 1. The molecule has 0 saturated heterocycles. The summed E-state index contributed by atoms with van der Waals surface area (Å²) in [5.74, 6) is -1.77. The Morgan fingerprint density at radius 3 is 1.75 bits per heavy atom. The van der Waals surface area contributed by atoms with Crippen molar-refractivity contribution < 1.29 is 28.6 Å². The monoisotopic (exact) mass is 343 g/mol. The van der Waals surface area contributed by atoms with Crippen LogP contribution in [-0.4, -0.2) is 42.4 Å². The molecule has 24 heavy (non-hydrogen) atoms. The Bertz CT molecular complexity index is 468. The third kappa shape index (κ3) is 7.02. The van der Waals surface area contributed by atoms with E-state index in [0.29, 0.717) is 0 Å². The molecule has 7 heteroatoms. The normalized spacial score (nSPS) is 11.3. The maximum atomic E-state index is 12.5. The van der Waals surface area contributed by atoms with E-state index in [0.717, 1.165) is 5.57 Å². The third-order valence-electron chi connectivity index (χ3n) is 2.78. The summed E-state index contributed by atoms with van der Waals surface area (Å²) in [5.41, 5.74) is -1.89. The molecule has 0 bridgehead atoms. The SMILES string of the molecule is CCOC(=O)C(CC=C(C)C)(NC(=O)OC(C)(C)C)C(=O)OCC. The van der Waals surface area contributed by atoms with Crippen LogP contribution in [0.1, 0.15) is 54.9 Å². The molecule has 138 valence electrons. The largest absolute Gasteiger partial charge is 0.464 e. The highest BCUT2D eigenvalue weighted by molar-refractivity contribution is 6.07. The van der Waals surface area contributed by atoms with Gasteiger partial charge in [-0.2, -0.15) is 0 Å². The highest BCUT2D eigenvalue weighted by atomic mass is 16.6. The zero-order valence-corrected chi connectivity index (χ0v) is 15.6. The molecular weight excluding hydrogens is 314 g/mol. The summed E-state index contributed by atoms with van der Waals surface area (Å²) >= 11 is 0. The lowest BCUT2D eigenvalue weighted by Crippen LogP contribution is -2.61. The molecule has 0 heterocycles. The minimum atomic E-state index is -1.98. The summed E-state index contributed by atoms with van der Waals surface area (Å²) in [5, 5.41) is 2.36. The molecule has 0 unspecified atom stereocenters. The first-order chi connectivity index (χ1) is 11.0. The molecular formula is C17H29NO6. The van der Waals surface area contributed by atoms with Gasteiger partial charge in [-0.25, -0.2) is 14.4 Å². The first-order valence-corrected chi connectivity index (χ1v) is 7.97. The summed E-state index contributed by atoms with van der Waals surface area (Å²) in [6.07, 6.45) is 0.669. The Labute approximate surface area is 143 Å². The van der Waals surface area contributed by atoms with Gasteiger partial charge >= 0.3 is 18.0 Å². The van der Waals surface area contributed by atoms with Crippen molar-refractivity contribution in [1.29, 1.82) is 0 Å². The second-order valence-corrected chi connectivity index (χ2v) is 6.46. The van der Waals surface area contributed by atoms with Crippen LogP contribution < -0.4 is 5.32 Å². The van der Waals surface area contributed by atoms with E-state index >= 15 is 0 Å². The molecule has 0 aromatic carbocycles. The number of rotatable bonds is 7. The molecule has 0 radical (unpaired) electrons. The number of ether oxygens (including phenoxy) is 3. The Kier molecular flexibility index (Phi) is 8.50. The first kappa shape index (κ1) is 21.9. The predicted molar refractivity (Wildman–Crippen MR) is 89.4 cm³/mol. The van der Waals surface area contributed by atoms with Crippen LogP contribution in [0.2, 0.25) is 0 Å². The van der Waals surface area contributed by atoms with Gasteiger partial charge in [-0.3, -0.25) is 5.32 Å². The Hall–Kier alpha value is -2.05. The molecule has 0 rings (SSSR count). The fourth-order valence-electron chi connectivity index (χ4n) is 1.75. The van der Waals surface area contributed by atoms with E-state index in [4.69, 9.17) is 14.2 Å². The van der Waals surface area contributed by atoms with E-state index in [2.05, 4.69) is 5.32 Å². The third-order valence-corrected chi connectivity index (χ3v) is 2.78. The predicted octanol–water partition coefficient (Wildman–Crippen LogP) is 2.73. The number of carbonyl (C=O) groups is 3. The maximum absolute atomic E-state index is 12.5. The van der Waals surface area contributed by atoms with Gasteiger partial charge in [-0.05, 0) is 48.5 Å². The van der Waals surface area contributed by atoms with Crippen molar-refractivity contribution in [2.45, 2.75) is 66.0 Å². The summed E-state index contributed by atoms with van der Waals surface area (Å²) in [7, 11) is 0. The summed E-state index contributed by atoms with van der Waals surface area (Å²) in [6.45, 7) is 12.0. The van der Waals surface area contributed by atoms with Crippen molar-refractivity contribution in [2.24, 2.45) is 0 Å². The molecule has 7 nitrogen and oxygen atoms in total. The van der Waals surface area contributed by atoms with Crippen molar-refractivity contribution in [3.63, 3.8) is 0 Å². The molecule has 0 atom stereocenters. The van der Waals surface area contributed by atoms with Crippen LogP contribution in [0.5, 0.6) is 0 Å². The average Bonchev–Trinajstić information content (AvgIpc) is 2.41. The highest BCUT2D eigenvalue weighted by Crippen LogP contribution is 2.20. The van der Waals surface area contributed by atoms with Crippen molar-refractivity contribution >= 4 is 18.0 Å². The quantitative estimate of drug-likeness (QED) is 0.331. The molecule has 0 aliphatic carbocycles. The van der Waals surface area contributed by atoms with Gasteiger partial charge in [-0.15, -0.1) is 0 Å². The van der Waals surface area contributed by atoms with Gasteiger partial charge in [0.1, 0.15) is 5.60 Å². The van der Waals surface area contributed by atoms with Gasteiger partial charge in [0.2, 0.25) is 5.54 Å². The second-order valence-electron chi connectivity index (χ2n) is 6.46. The van der Waals surface area contributed by atoms with Crippen molar-refractivity contribution in [1.82, 2.24) is 5.32 Å². The minimum Gasteiger partial charge on any atom is -0.464 e. The van der Waals surface area contributed by atoms with Crippen molar-refractivity contribution in [3.8, 4) is 0 Å². The van der Waals surface area contributed by atoms with Crippen molar-refractivity contribution in [2.75, 3.05) is 13.2 Å². The lowest BCUT2D eigenvalue weighted by Gasteiger charge is -2.30. The van der Waals surface area contributed by atoms with Crippen LogP contribution >= 0.6 is 0 Å². The zero-order valence-electron chi connectivity index (χ0n) is 15.6. The number of amides is 1. The van der Waals surface area contributed by atoms with Gasteiger partial charge in [0.15, 0.2) is 0 Å². The standard InChI is InChI=1S/C17H29NO6/c1-8-22-13(19)17(11-10-12(3)4,14(20)23-9-2)18-15(21)24-16(5,6)7/h10H,8-9,11H2,1-7H3,(H,18,21). The van der Waals surface area contributed by atoms with E-state index in [1.54, 1.807) is 40.7 Å². The van der Waals surface area contributed by atoms with Crippen LogP contribution in [-0.2, 0) is 23.8 Å². The van der Waals surface area contributed by atoms with E-state index in [9.17, 15) is 14.4 Å². The molecule has 0 aromatic heterocycles. The van der Waals surface area contributed by atoms with Crippen LogP contribution in [0.3, 0.4) is 0 Å². The molecule has 1 amide bonds. The average molecular weight is 343 g/mol. The molecule has 0 saturated carbocycles. The van der Waals surface area contributed by atoms with Crippen LogP contribution in [0, 0.1) is 0 Å². The van der Waals surface area contributed by atoms with Gasteiger partial charge in [0.05, 0.1) is 13.2 Å². The molecule has 0 aliphatic rings. The number of hydrogen-bond acceptors (Lipinski definition) is 6. The highest BCUT2D eigenvalue weighted by Gasteiger charge is 2.50. The second kappa shape index (κ2) is 9.30.